The zero-order valence-electron chi connectivity index (χ0n) is 11.4. The molecule has 2 aromatic rings. The van der Waals surface area contributed by atoms with Crippen molar-refractivity contribution in [1.29, 1.82) is 0 Å². The van der Waals surface area contributed by atoms with Crippen LogP contribution in [0.3, 0.4) is 0 Å². The molecule has 0 saturated carbocycles. The molecule has 0 bridgehead atoms. The van der Waals surface area contributed by atoms with Gasteiger partial charge in [0.15, 0.2) is 5.90 Å². The quantitative estimate of drug-likeness (QED) is 0.803. The van der Waals surface area contributed by atoms with Crippen LogP contribution in [0.25, 0.3) is 10.4 Å². The average Bonchev–Trinajstić information content (AvgIpc) is 3.09. The Hall–Kier alpha value is -1.68. The van der Waals surface area contributed by atoms with E-state index in [9.17, 15) is 0 Å². The first kappa shape index (κ1) is 12.1. The first-order valence-corrected chi connectivity index (χ1v) is 7.83. The third-order valence-electron chi connectivity index (χ3n) is 4.28. The van der Waals surface area contributed by atoms with E-state index in [2.05, 4.69) is 23.2 Å². The van der Waals surface area contributed by atoms with Crippen LogP contribution in [0.1, 0.15) is 24.5 Å². The maximum absolute atomic E-state index is 5.61. The first-order chi connectivity index (χ1) is 9.76. The Labute approximate surface area is 122 Å². The molecule has 1 aromatic heterocycles. The minimum Gasteiger partial charge on any atom is -0.479 e. The Bertz CT molecular complexity index is 678. The van der Waals surface area contributed by atoms with Crippen molar-refractivity contribution in [3.05, 3.63) is 41.0 Å². The van der Waals surface area contributed by atoms with Crippen molar-refractivity contribution in [2.75, 3.05) is 6.61 Å². The second-order valence-corrected chi connectivity index (χ2v) is 6.52. The van der Waals surface area contributed by atoms with E-state index in [1.807, 2.05) is 18.6 Å². The second-order valence-electron chi connectivity index (χ2n) is 5.63. The molecule has 102 valence electrons. The van der Waals surface area contributed by atoms with Crippen molar-refractivity contribution < 1.29 is 4.74 Å². The number of ether oxygens (including phenoxy) is 1. The summed E-state index contributed by atoms with van der Waals surface area (Å²) >= 11 is 1.71. The van der Waals surface area contributed by atoms with Crippen molar-refractivity contribution in [1.82, 2.24) is 4.98 Å². The molecule has 3 nitrogen and oxygen atoms in total. The van der Waals surface area contributed by atoms with Gasteiger partial charge in [0.05, 0.1) is 10.4 Å². The maximum Gasteiger partial charge on any atom is 0.180 e. The highest BCUT2D eigenvalue weighted by atomic mass is 32.1. The summed E-state index contributed by atoms with van der Waals surface area (Å²) in [5, 5.41) is 0. The number of fused-ring (bicyclic) bond motifs is 1. The molecule has 0 amide bonds. The zero-order chi connectivity index (χ0) is 13.6. The molecule has 2 heterocycles. The topological polar surface area (TPSA) is 34.5 Å². The van der Waals surface area contributed by atoms with Gasteiger partial charge in [-0.3, -0.25) is 4.98 Å². The smallest absolute Gasteiger partial charge is 0.180 e. The molecule has 2 aliphatic rings. The summed E-state index contributed by atoms with van der Waals surface area (Å²) in [6.45, 7) is 2.70. The Morgan fingerprint density at radius 1 is 1.35 bits per heavy atom. The fourth-order valence-corrected chi connectivity index (χ4v) is 4.01. The molecule has 4 rings (SSSR count). The number of aliphatic imine (C=N–C) groups is 1. The summed E-state index contributed by atoms with van der Waals surface area (Å²) in [7, 11) is 0. The monoisotopic (exact) mass is 284 g/mol. The van der Waals surface area contributed by atoms with Crippen LogP contribution in [0.4, 0.5) is 0 Å². The minimum absolute atomic E-state index is 0.0105. The van der Waals surface area contributed by atoms with Crippen molar-refractivity contribution >= 4 is 17.2 Å². The van der Waals surface area contributed by atoms with E-state index in [4.69, 9.17) is 9.73 Å². The molecule has 0 radical (unpaired) electrons. The zero-order valence-corrected chi connectivity index (χ0v) is 12.2. The van der Waals surface area contributed by atoms with Gasteiger partial charge in [-0.25, -0.2) is 4.99 Å². The van der Waals surface area contributed by atoms with Gasteiger partial charge in [-0.1, -0.05) is 18.2 Å². The average molecular weight is 284 g/mol. The van der Waals surface area contributed by atoms with Crippen molar-refractivity contribution in [2.45, 2.75) is 31.7 Å². The highest BCUT2D eigenvalue weighted by Crippen LogP contribution is 2.39. The van der Waals surface area contributed by atoms with E-state index in [1.54, 1.807) is 11.3 Å². The summed E-state index contributed by atoms with van der Waals surface area (Å²) in [5.74, 6) is 0.840. The van der Waals surface area contributed by atoms with Crippen molar-refractivity contribution in [3.8, 4) is 10.4 Å². The number of hydrogen-bond donors (Lipinski definition) is 0. The van der Waals surface area contributed by atoms with Crippen LogP contribution in [0.5, 0.6) is 0 Å². The fraction of sp³-hybridized carbons (Fsp3) is 0.375. The molecule has 20 heavy (non-hydrogen) atoms. The fourth-order valence-electron chi connectivity index (χ4n) is 3.33. The third kappa shape index (κ3) is 1.86. The van der Waals surface area contributed by atoms with Crippen molar-refractivity contribution in [2.24, 2.45) is 4.99 Å². The number of thiazole rings is 1. The molecule has 1 unspecified atom stereocenters. The van der Waals surface area contributed by atoms with Crippen LogP contribution in [0.2, 0.25) is 0 Å². The maximum atomic E-state index is 5.61. The summed E-state index contributed by atoms with van der Waals surface area (Å²) < 4.78 is 5.61. The van der Waals surface area contributed by atoms with Gasteiger partial charge in [0, 0.05) is 19.5 Å². The Morgan fingerprint density at radius 3 is 3.05 bits per heavy atom. The molecule has 1 spiro atoms. The molecule has 1 atom stereocenters. The predicted molar refractivity (Wildman–Crippen MR) is 81.4 cm³/mol. The van der Waals surface area contributed by atoms with E-state index >= 15 is 0 Å². The van der Waals surface area contributed by atoms with E-state index < -0.39 is 0 Å². The lowest BCUT2D eigenvalue weighted by Crippen LogP contribution is -2.35. The van der Waals surface area contributed by atoms with Crippen LogP contribution >= 0.6 is 11.3 Å². The molecule has 4 heteroatoms. The molecular formula is C16H16N2OS. The van der Waals surface area contributed by atoms with Gasteiger partial charge in [-0.2, -0.15) is 0 Å². The molecule has 1 aliphatic carbocycles. The number of aromatic nitrogens is 1. The molecule has 0 saturated heterocycles. The van der Waals surface area contributed by atoms with Gasteiger partial charge in [0.1, 0.15) is 12.1 Å². The highest BCUT2D eigenvalue weighted by molar-refractivity contribution is 7.13. The molecule has 0 fully saturated rings. The second kappa shape index (κ2) is 4.42. The van der Waals surface area contributed by atoms with E-state index in [1.165, 1.54) is 21.6 Å². The number of benzene rings is 1. The van der Waals surface area contributed by atoms with E-state index in [-0.39, 0.29) is 5.54 Å². The van der Waals surface area contributed by atoms with Gasteiger partial charge in [-0.15, -0.1) is 11.3 Å². The number of rotatable bonds is 1. The number of hydrogen-bond acceptors (Lipinski definition) is 4. The first-order valence-electron chi connectivity index (χ1n) is 6.95. The summed E-state index contributed by atoms with van der Waals surface area (Å²) in [6.07, 6.45) is 5.11. The summed E-state index contributed by atoms with van der Waals surface area (Å²) in [4.78, 5) is 10.2. The Balaban J connectivity index is 1.76. The van der Waals surface area contributed by atoms with Crippen LogP contribution in [-0.4, -0.2) is 23.0 Å². The predicted octanol–water partition coefficient (Wildman–Crippen LogP) is 3.49. The lowest BCUT2D eigenvalue weighted by Gasteiger charge is -2.31. The SMILES string of the molecule is CC1=NC2(CCc3c(cccc3-c3cncs3)C2)CO1. The van der Waals surface area contributed by atoms with Crippen LogP contribution in [-0.2, 0) is 17.6 Å². The van der Waals surface area contributed by atoms with E-state index in [0.29, 0.717) is 0 Å². The van der Waals surface area contributed by atoms with Gasteiger partial charge in [0.2, 0.25) is 0 Å². The van der Waals surface area contributed by atoms with Crippen molar-refractivity contribution in [3.63, 3.8) is 0 Å². The molecule has 1 aliphatic heterocycles. The standard InChI is InChI=1S/C16H16N2OS/c1-11-18-16(9-19-11)6-5-13-12(7-16)3-2-4-14(13)15-8-17-10-20-15/h2-4,8,10H,5-7,9H2,1H3. The van der Waals surface area contributed by atoms with Gasteiger partial charge in [-0.05, 0) is 29.5 Å². The lowest BCUT2D eigenvalue weighted by molar-refractivity contribution is 0.236. The highest BCUT2D eigenvalue weighted by Gasteiger charge is 2.39. The number of nitrogens with zero attached hydrogens (tertiary/aromatic N) is 2. The van der Waals surface area contributed by atoms with Gasteiger partial charge >= 0.3 is 0 Å². The third-order valence-corrected chi connectivity index (χ3v) is 5.08. The van der Waals surface area contributed by atoms with Crippen LogP contribution in [0, 0.1) is 0 Å². The molecule has 0 N–H and O–H groups in total. The Morgan fingerprint density at radius 2 is 2.30 bits per heavy atom. The minimum atomic E-state index is -0.0105. The van der Waals surface area contributed by atoms with E-state index in [0.717, 1.165) is 31.8 Å². The Kier molecular flexibility index (Phi) is 2.67. The summed E-state index contributed by atoms with van der Waals surface area (Å²) in [6, 6.07) is 6.60. The summed E-state index contributed by atoms with van der Waals surface area (Å²) in [5.41, 5.74) is 6.13. The normalized spacial score (nSPS) is 24.4. The van der Waals surface area contributed by atoms with Crippen LogP contribution in [0.15, 0.2) is 34.9 Å². The molecule has 1 aromatic carbocycles. The molecular weight excluding hydrogens is 268 g/mol. The lowest BCUT2D eigenvalue weighted by atomic mass is 9.77. The van der Waals surface area contributed by atoms with Crippen LogP contribution < -0.4 is 0 Å². The largest absolute Gasteiger partial charge is 0.479 e. The van der Waals surface area contributed by atoms with Gasteiger partial charge < -0.3 is 4.74 Å². The van der Waals surface area contributed by atoms with Gasteiger partial charge in [0.25, 0.3) is 0 Å².